The number of rotatable bonds is 4. The molecule has 0 aromatic carbocycles. The number of esters is 1. The first-order valence-electron chi connectivity index (χ1n) is 5.18. The zero-order chi connectivity index (χ0) is 12.0. The Hall–Kier alpha value is -1.84. The molecule has 0 saturated carbocycles. The summed E-state index contributed by atoms with van der Waals surface area (Å²) in [6.45, 7) is 2.18. The number of carbonyl (C=O) groups is 1. The van der Waals surface area contributed by atoms with E-state index in [4.69, 9.17) is 10.1 Å². The molecule has 0 heterocycles. The molecule has 0 aliphatic heterocycles. The molecule has 1 aliphatic rings. The lowest BCUT2D eigenvalue weighted by atomic mass is 9.99. The number of ether oxygens (including phenoxy) is 1. The molecule has 1 aliphatic carbocycles. The first-order chi connectivity index (χ1) is 7.67. The minimum atomic E-state index is -0.240. The van der Waals surface area contributed by atoms with Crippen molar-refractivity contribution in [1.29, 1.82) is 5.41 Å². The second-order valence-electron chi connectivity index (χ2n) is 3.34. The second-order valence-corrected chi connectivity index (χ2v) is 3.34. The van der Waals surface area contributed by atoms with Crippen molar-refractivity contribution in [2.45, 2.75) is 13.3 Å². The molecular weight excluding hydrogens is 204 g/mol. The molecule has 2 N–H and O–H groups in total. The monoisotopic (exact) mass is 220 g/mol. The van der Waals surface area contributed by atoms with Crippen LogP contribution in [0.3, 0.4) is 0 Å². The molecule has 0 spiro atoms. The molecule has 0 amide bonds. The average molecular weight is 220 g/mol. The number of hydrogen-bond donors (Lipinski definition) is 2. The van der Waals surface area contributed by atoms with E-state index < -0.39 is 0 Å². The summed E-state index contributed by atoms with van der Waals surface area (Å²) in [5.74, 6) is -0.240. The quantitative estimate of drug-likeness (QED) is 0.707. The highest BCUT2D eigenvalue weighted by Crippen LogP contribution is 2.16. The van der Waals surface area contributed by atoms with Gasteiger partial charge in [0.15, 0.2) is 0 Å². The number of allylic oxidation sites excluding steroid dienone is 4. The minimum Gasteiger partial charge on any atom is -0.466 e. The largest absolute Gasteiger partial charge is 0.466 e. The van der Waals surface area contributed by atoms with Crippen LogP contribution in [0.15, 0.2) is 35.6 Å². The van der Waals surface area contributed by atoms with Crippen LogP contribution in [0.1, 0.15) is 13.3 Å². The predicted molar refractivity (Wildman–Crippen MR) is 63.3 cm³/mol. The van der Waals surface area contributed by atoms with E-state index in [0.29, 0.717) is 12.3 Å². The highest BCUT2D eigenvalue weighted by Gasteiger charge is 2.10. The van der Waals surface area contributed by atoms with Gasteiger partial charge in [-0.25, -0.2) is 0 Å². The topological polar surface area (TPSA) is 62.2 Å². The zero-order valence-electron chi connectivity index (χ0n) is 9.54. The third-order valence-electron chi connectivity index (χ3n) is 2.07. The molecule has 16 heavy (non-hydrogen) atoms. The van der Waals surface area contributed by atoms with E-state index in [0.717, 1.165) is 11.1 Å². The van der Waals surface area contributed by atoms with Crippen LogP contribution in [-0.2, 0) is 9.53 Å². The molecule has 0 radical (unpaired) electrons. The molecule has 0 fully saturated rings. The maximum absolute atomic E-state index is 11.3. The summed E-state index contributed by atoms with van der Waals surface area (Å²) < 4.78 is 4.86. The molecule has 86 valence electrons. The Morgan fingerprint density at radius 1 is 1.56 bits per heavy atom. The van der Waals surface area contributed by atoms with E-state index in [1.807, 2.05) is 6.08 Å². The second kappa shape index (κ2) is 5.90. The van der Waals surface area contributed by atoms with E-state index in [1.165, 1.54) is 0 Å². The fourth-order valence-electron chi connectivity index (χ4n) is 1.38. The number of carbonyl (C=O) groups excluding carboxylic acids is 1. The first-order valence-corrected chi connectivity index (χ1v) is 5.18. The van der Waals surface area contributed by atoms with Gasteiger partial charge in [0.25, 0.3) is 0 Å². The van der Waals surface area contributed by atoms with E-state index >= 15 is 0 Å². The maximum atomic E-state index is 11.3. The smallest absolute Gasteiger partial charge is 0.310 e. The molecular formula is C12H16N2O2. The van der Waals surface area contributed by atoms with E-state index in [9.17, 15) is 4.79 Å². The molecule has 0 atom stereocenters. The zero-order valence-corrected chi connectivity index (χ0v) is 9.54. The van der Waals surface area contributed by atoms with Crippen LogP contribution < -0.4 is 5.32 Å². The first kappa shape index (κ1) is 12.2. The highest BCUT2D eigenvalue weighted by molar-refractivity contribution is 6.09. The van der Waals surface area contributed by atoms with Crippen molar-refractivity contribution in [3.63, 3.8) is 0 Å². The Morgan fingerprint density at radius 2 is 2.31 bits per heavy atom. The lowest BCUT2D eigenvalue weighted by Crippen LogP contribution is -2.09. The molecule has 0 bridgehead atoms. The number of nitrogens with one attached hydrogen (secondary N) is 2. The fourth-order valence-corrected chi connectivity index (χ4v) is 1.38. The van der Waals surface area contributed by atoms with Crippen molar-refractivity contribution in [2.24, 2.45) is 0 Å². The number of hydrogen-bond acceptors (Lipinski definition) is 4. The molecule has 0 aromatic heterocycles. The van der Waals surface area contributed by atoms with Gasteiger partial charge in [-0.1, -0.05) is 6.08 Å². The summed E-state index contributed by atoms with van der Waals surface area (Å²) in [6.07, 6.45) is 7.25. The van der Waals surface area contributed by atoms with Crippen molar-refractivity contribution in [3.05, 3.63) is 35.6 Å². The van der Waals surface area contributed by atoms with Crippen LogP contribution in [0, 0.1) is 5.41 Å². The van der Waals surface area contributed by atoms with Gasteiger partial charge in [0.05, 0.1) is 18.7 Å². The van der Waals surface area contributed by atoms with Crippen LogP contribution in [0.25, 0.3) is 0 Å². The minimum absolute atomic E-state index is 0.240. The van der Waals surface area contributed by atoms with Gasteiger partial charge in [-0.2, -0.15) is 0 Å². The van der Waals surface area contributed by atoms with Crippen molar-refractivity contribution < 1.29 is 9.53 Å². The van der Waals surface area contributed by atoms with Crippen molar-refractivity contribution in [3.8, 4) is 0 Å². The van der Waals surface area contributed by atoms with Crippen molar-refractivity contribution in [2.75, 3.05) is 13.7 Å². The normalized spacial score (nSPS) is 17.2. The maximum Gasteiger partial charge on any atom is 0.310 e. The van der Waals surface area contributed by atoms with Crippen LogP contribution >= 0.6 is 0 Å². The van der Waals surface area contributed by atoms with Crippen molar-refractivity contribution >= 4 is 11.7 Å². The van der Waals surface area contributed by atoms with Gasteiger partial charge in [0, 0.05) is 18.8 Å². The van der Waals surface area contributed by atoms with Gasteiger partial charge < -0.3 is 15.5 Å². The van der Waals surface area contributed by atoms with E-state index in [2.05, 4.69) is 5.32 Å². The Balaban J connectivity index is 2.71. The summed E-state index contributed by atoms with van der Waals surface area (Å²) in [7, 11) is 1.78. The lowest BCUT2D eigenvalue weighted by molar-refractivity contribution is -0.142. The Kier molecular flexibility index (Phi) is 4.51. The Labute approximate surface area is 95.2 Å². The van der Waals surface area contributed by atoms with Crippen LogP contribution in [0.5, 0.6) is 0 Å². The lowest BCUT2D eigenvalue weighted by Gasteiger charge is -2.10. The molecule has 0 saturated heterocycles. The van der Waals surface area contributed by atoms with E-state index in [1.54, 1.807) is 32.3 Å². The summed E-state index contributed by atoms with van der Waals surface area (Å²) in [6, 6.07) is 0. The fraction of sp³-hybridized carbons (Fsp3) is 0.333. The van der Waals surface area contributed by atoms with Gasteiger partial charge in [-0.3, -0.25) is 4.79 Å². The average Bonchev–Trinajstić information content (AvgIpc) is 2.24. The third-order valence-corrected chi connectivity index (χ3v) is 2.07. The van der Waals surface area contributed by atoms with Crippen LogP contribution in [-0.4, -0.2) is 25.3 Å². The van der Waals surface area contributed by atoms with Gasteiger partial charge >= 0.3 is 5.97 Å². The van der Waals surface area contributed by atoms with Gasteiger partial charge in [-0.15, -0.1) is 0 Å². The van der Waals surface area contributed by atoms with Gasteiger partial charge in [-0.05, 0) is 24.6 Å². The molecule has 4 nitrogen and oxygen atoms in total. The van der Waals surface area contributed by atoms with Crippen molar-refractivity contribution in [1.82, 2.24) is 5.32 Å². The molecule has 4 heteroatoms. The SMILES string of the molecule is CCOC(=O)CC1=C/C(=C/NC)C(=N)C=C1. The standard InChI is InChI=1S/C12H16N2O2/c1-3-16-12(15)7-9-4-5-11(13)10(6-9)8-14-2/h4-6,8,13-14H,3,7H2,1-2H3/b10-8-,13-11?. The van der Waals surface area contributed by atoms with Gasteiger partial charge in [0.1, 0.15) is 0 Å². The highest BCUT2D eigenvalue weighted by atomic mass is 16.5. The van der Waals surface area contributed by atoms with Crippen LogP contribution in [0.2, 0.25) is 0 Å². The Morgan fingerprint density at radius 3 is 2.94 bits per heavy atom. The summed E-state index contributed by atoms with van der Waals surface area (Å²) in [5, 5.41) is 10.5. The third kappa shape index (κ3) is 3.38. The molecule has 1 rings (SSSR count). The molecule has 0 aromatic rings. The van der Waals surface area contributed by atoms with Gasteiger partial charge in [0.2, 0.25) is 0 Å². The summed E-state index contributed by atoms with van der Waals surface area (Å²) >= 11 is 0. The predicted octanol–water partition coefficient (Wildman–Crippen LogP) is 1.56. The summed E-state index contributed by atoms with van der Waals surface area (Å²) in [5.41, 5.74) is 2.06. The van der Waals surface area contributed by atoms with E-state index in [-0.39, 0.29) is 12.4 Å². The Bertz CT molecular complexity index is 378. The molecule has 0 unspecified atom stereocenters. The van der Waals surface area contributed by atoms with Crippen LogP contribution in [0.4, 0.5) is 0 Å². The summed E-state index contributed by atoms with van der Waals surface area (Å²) in [4.78, 5) is 11.3.